The van der Waals surface area contributed by atoms with Crippen LogP contribution in [0.2, 0.25) is 0 Å². The van der Waals surface area contributed by atoms with Gasteiger partial charge in [0.25, 0.3) is 0 Å². The van der Waals surface area contributed by atoms with Crippen molar-refractivity contribution in [2.45, 2.75) is 58.5 Å². The summed E-state index contributed by atoms with van der Waals surface area (Å²) in [6.45, 7) is 4.17. The average molecular weight is 221 g/mol. The third-order valence-electron chi connectivity index (χ3n) is 2.83. The van der Waals surface area contributed by atoms with E-state index in [1.165, 1.54) is 25.7 Å². The molecule has 1 atom stereocenters. The molecule has 0 saturated carbocycles. The van der Waals surface area contributed by atoms with Gasteiger partial charge in [-0.25, -0.2) is 0 Å². The molecule has 2 heteroatoms. The first-order valence-corrected chi connectivity index (χ1v) is 6.35. The van der Waals surface area contributed by atoms with Crippen molar-refractivity contribution < 1.29 is 5.11 Å². The van der Waals surface area contributed by atoms with Gasteiger partial charge in [0.2, 0.25) is 0 Å². The van der Waals surface area contributed by atoms with Crippen molar-refractivity contribution in [2.24, 2.45) is 0 Å². The standard InChI is InChI=1S/C14H23NO/c1-3-4-5-6-7-11-14(16)13-10-8-9-12(2)15-13/h8-10,14,16H,3-7,11H2,1-2H3. The molecule has 0 aliphatic rings. The molecular formula is C14H23NO. The molecule has 1 rings (SSSR count). The Bertz CT molecular complexity index is 299. The maximum Gasteiger partial charge on any atom is 0.0959 e. The van der Waals surface area contributed by atoms with Crippen LogP contribution in [0.1, 0.15) is 62.9 Å². The fourth-order valence-electron chi connectivity index (χ4n) is 1.84. The van der Waals surface area contributed by atoms with Gasteiger partial charge in [-0.3, -0.25) is 4.98 Å². The summed E-state index contributed by atoms with van der Waals surface area (Å²) in [5.41, 5.74) is 1.79. The molecule has 0 spiro atoms. The first kappa shape index (κ1) is 13.2. The summed E-state index contributed by atoms with van der Waals surface area (Å²) in [7, 11) is 0. The second-order valence-electron chi connectivity index (χ2n) is 4.42. The number of hydrogen-bond acceptors (Lipinski definition) is 2. The van der Waals surface area contributed by atoms with Gasteiger partial charge < -0.3 is 5.11 Å². The predicted molar refractivity (Wildman–Crippen MR) is 67.3 cm³/mol. The van der Waals surface area contributed by atoms with Crippen molar-refractivity contribution >= 4 is 0 Å². The van der Waals surface area contributed by atoms with E-state index in [1.807, 2.05) is 25.1 Å². The van der Waals surface area contributed by atoms with Crippen molar-refractivity contribution in [3.63, 3.8) is 0 Å². The molecule has 1 unspecified atom stereocenters. The van der Waals surface area contributed by atoms with Crippen molar-refractivity contribution in [1.82, 2.24) is 4.98 Å². The summed E-state index contributed by atoms with van der Waals surface area (Å²) < 4.78 is 0. The van der Waals surface area contributed by atoms with Crippen LogP contribution in [0.5, 0.6) is 0 Å². The predicted octanol–water partition coefficient (Wildman–Crippen LogP) is 3.78. The fraction of sp³-hybridized carbons (Fsp3) is 0.643. The van der Waals surface area contributed by atoms with Crippen LogP contribution >= 0.6 is 0 Å². The summed E-state index contributed by atoms with van der Waals surface area (Å²) in [6.07, 6.45) is 6.61. The number of aliphatic hydroxyl groups is 1. The molecule has 1 N–H and O–H groups in total. The minimum absolute atomic E-state index is 0.387. The first-order chi connectivity index (χ1) is 7.74. The number of rotatable bonds is 7. The zero-order valence-corrected chi connectivity index (χ0v) is 10.4. The van der Waals surface area contributed by atoms with Gasteiger partial charge in [0.05, 0.1) is 11.8 Å². The number of unbranched alkanes of at least 4 members (excludes halogenated alkanes) is 4. The van der Waals surface area contributed by atoms with Crippen LogP contribution in [0.25, 0.3) is 0 Å². The molecule has 1 aromatic heterocycles. The second kappa shape index (κ2) is 7.39. The quantitative estimate of drug-likeness (QED) is 0.711. The highest BCUT2D eigenvalue weighted by Gasteiger charge is 2.08. The largest absolute Gasteiger partial charge is 0.387 e. The fourth-order valence-corrected chi connectivity index (χ4v) is 1.84. The van der Waals surface area contributed by atoms with E-state index in [9.17, 15) is 5.11 Å². The lowest BCUT2D eigenvalue weighted by Gasteiger charge is -2.10. The highest BCUT2D eigenvalue weighted by atomic mass is 16.3. The van der Waals surface area contributed by atoms with E-state index < -0.39 is 0 Å². The molecule has 0 radical (unpaired) electrons. The Kier molecular flexibility index (Phi) is 6.09. The number of aryl methyl sites for hydroxylation is 1. The number of aliphatic hydroxyl groups excluding tert-OH is 1. The minimum Gasteiger partial charge on any atom is -0.387 e. The smallest absolute Gasteiger partial charge is 0.0959 e. The van der Waals surface area contributed by atoms with Crippen molar-refractivity contribution in [3.8, 4) is 0 Å². The van der Waals surface area contributed by atoms with Crippen LogP contribution in [0.3, 0.4) is 0 Å². The Balaban J connectivity index is 2.27. The van der Waals surface area contributed by atoms with E-state index in [0.717, 1.165) is 24.2 Å². The Morgan fingerprint density at radius 1 is 1.19 bits per heavy atom. The van der Waals surface area contributed by atoms with Gasteiger partial charge in [0.15, 0.2) is 0 Å². The highest BCUT2D eigenvalue weighted by molar-refractivity contribution is 5.11. The van der Waals surface area contributed by atoms with E-state index in [4.69, 9.17) is 0 Å². The van der Waals surface area contributed by atoms with Crippen LogP contribution in [0.15, 0.2) is 18.2 Å². The Labute approximate surface area is 98.7 Å². The van der Waals surface area contributed by atoms with Crippen LogP contribution in [-0.4, -0.2) is 10.1 Å². The van der Waals surface area contributed by atoms with E-state index >= 15 is 0 Å². The topological polar surface area (TPSA) is 33.1 Å². The monoisotopic (exact) mass is 221 g/mol. The summed E-state index contributed by atoms with van der Waals surface area (Å²) in [6, 6.07) is 5.82. The Morgan fingerprint density at radius 2 is 1.94 bits per heavy atom. The van der Waals surface area contributed by atoms with Crippen molar-refractivity contribution in [3.05, 3.63) is 29.6 Å². The first-order valence-electron chi connectivity index (χ1n) is 6.35. The van der Waals surface area contributed by atoms with Gasteiger partial charge in [-0.1, -0.05) is 45.1 Å². The maximum absolute atomic E-state index is 9.94. The normalized spacial score (nSPS) is 12.7. The van der Waals surface area contributed by atoms with E-state index in [1.54, 1.807) is 0 Å². The molecule has 1 aromatic rings. The summed E-state index contributed by atoms with van der Waals surface area (Å²) >= 11 is 0. The van der Waals surface area contributed by atoms with Gasteiger partial charge in [0.1, 0.15) is 0 Å². The van der Waals surface area contributed by atoms with Crippen molar-refractivity contribution in [1.29, 1.82) is 0 Å². The zero-order valence-electron chi connectivity index (χ0n) is 10.4. The maximum atomic E-state index is 9.94. The van der Waals surface area contributed by atoms with Gasteiger partial charge >= 0.3 is 0 Å². The third kappa shape index (κ3) is 4.75. The molecule has 0 saturated heterocycles. The third-order valence-corrected chi connectivity index (χ3v) is 2.83. The number of pyridine rings is 1. The summed E-state index contributed by atoms with van der Waals surface area (Å²) in [5.74, 6) is 0. The second-order valence-corrected chi connectivity index (χ2v) is 4.42. The average Bonchev–Trinajstić information content (AvgIpc) is 2.28. The van der Waals surface area contributed by atoms with E-state index in [0.29, 0.717) is 0 Å². The van der Waals surface area contributed by atoms with Crippen LogP contribution < -0.4 is 0 Å². The molecule has 0 aromatic carbocycles. The number of aromatic nitrogens is 1. The summed E-state index contributed by atoms with van der Waals surface area (Å²) in [4.78, 5) is 4.34. The van der Waals surface area contributed by atoms with Crippen LogP contribution in [0, 0.1) is 6.92 Å². The number of hydrogen-bond donors (Lipinski definition) is 1. The molecule has 0 amide bonds. The van der Waals surface area contributed by atoms with Gasteiger partial charge in [-0.2, -0.15) is 0 Å². The molecule has 0 bridgehead atoms. The lowest BCUT2D eigenvalue weighted by atomic mass is 10.1. The molecular weight excluding hydrogens is 198 g/mol. The van der Waals surface area contributed by atoms with E-state index in [-0.39, 0.29) is 6.10 Å². The number of nitrogens with zero attached hydrogens (tertiary/aromatic N) is 1. The van der Waals surface area contributed by atoms with Gasteiger partial charge in [-0.05, 0) is 25.5 Å². The van der Waals surface area contributed by atoms with Crippen molar-refractivity contribution in [2.75, 3.05) is 0 Å². The lowest BCUT2D eigenvalue weighted by molar-refractivity contribution is 0.158. The lowest BCUT2D eigenvalue weighted by Crippen LogP contribution is -2.01. The van der Waals surface area contributed by atoms with Crippen LogP contribution in [-0.2, 0) is 0 Å². The molecule has 1 heterocycles. The van der Waals surface area contributed by atoms with Gasteiger partial charge in [-0.15, -0.1) is 0 Å². The molecule has 2 nitrogen and oxygen atoms in total. The summed E-state index contributed by atoms with van der Waals surface area (Å²) in [5, 5.41) is 9.94. The molecule has 0 aliphatic carbocycles. The Morgan fingerprint density at radius 3 is 2.62 bits per heavy atom. The Hall–Kier alpha value is -0.890. The van der Waals surface area contributed by atoms with E-state index in [2.05, 4.69) is 11.9 Å². The van der Waals surface area contributed by atoms with Crippen LogP contribution in [0.4, 0.5) is 0 Å². The zero-order chi connectivity index (χ0) is 11.8. The molecule has 0 fully saturated rings. The molecule has 0 aliphatic heterocycles. The molecule has 90 valence electrons. The molecule has 16 heavy (non-hydrogen) atoms. The highest BCUT2D eigenvalue weighted by Crippen LogP contribution is 2.18. The minimum atomic E-state index is -0.387. The van der Waals surface area contributed by atoms with Gasteiger partial charge in [0, 0.05) is 5.69 Å². The SMILES string of the molecule is CCCCCCCC(O)c1cccc(C)n1.